The van der Waals surface area contributed by atoms with Crippen LogP contribution in [0.3, 0.4) is 0 Å². The van der Waals surface area contributed by atoms with E-state index in [1.807, 2.05) is 6.07 Å². The lowest BCUT2D eigenvalue weighted by molar-refractivity contribution is -0.128. The molecule has 2 aliphatic rings. The van der Waals surface area contributed by atoms with Crippen LogP contribution in [0.4, 0.5) is 0 Å². The summed E-state index contributed by atoms with van der Waals surface area (Å²) in [6.45, 7) is 0.882. The van der Waals surface area contributed by atoms with Crippen LogP contribution in [0.2, 0.25) is 0 Å². The Kier molecular flexibility index (Phi) is 2.51. The fraction of sp³-hybridized carbons (Fsp3) is 0.462. The lowest BCUT2D eigenvalue weighted by atomic mass is 10.1. The first-order valence-corrected chi connectivity index (χ1v) is 6.66. The monoisotopic (exact) mass is 279 g/mol. The van der Waals surface area contributed by atoms with Gasteiger partial charge in [-0.05, 0) is 12.0 Å². The fourth-order valence-corrected chi connectivity index (χ4v) is 3.18. The maximum absolute atomic E-state index is 11.7. The van der Waals surface area contributed by atoms with Crippen molar-refractivity contribution < 1.29 is 4.79 Å². The van der Waals surface area contributed by atoms with Gasteiger partial charge in [0.15, 0.2) is 0 Å². The van der Waals surface area contributed by atoms with Gasteiger partial charge < -0.3 is 4.90 Å². The zero-order chi connectivity index (χ0) is 11.1. The molecule has 1 aliphatic heterocycles. The molecule has 1 aromatic carbocycles. The Morgan fingerprint density at radius 3 is 2.62 bits per heavy atom. The molecule has 1 aliphatic carbocycles. The Balaban J connectivity index is 1.71. The highest BCUT2D eigenvalue weighted by Gasteiger charge is 2.47. The summed E-state index contributed by atoms with van der Waals surface area (Å²) in [5, 5.41) is 0. The number of rotatable bonds is 2. The highest BCUT2D eigenvalue weighted by atomic mass is 79.9. The molecule has 3 heteroatoms. The standard InChI is InChI=1S/C13H14BrNO/c14-10-6-13(16)15(8-10)12-7-11(12)9-4-2-1-3-5-9/h1-5,10-12H,6-8H2. The molecule has 3 unspecified atom stereocenters. The van der Waals surface area contributed by atoms with Crippen LogP contribution in [0.5, 0.6) is 0 Å². The van der Waals surface area contributed by atoms with Crippen LogP contribution in [0.15, 0.2) is 30.3 Å². The van der Waals surface area contributed by atoms with E-state index in [0.717, 1.165) is 13.0 Å². The lowest BCUT2D eigenvalue weighted by Gasteiger charge is -2.15. The van der Waals surface area contributed by atoms with Crippen molar-refractivity contribution in [3.8, 4) is 0 Å². The minimum absolute atomic E-state index is 0.310. The van der Waals surface area contributed by atoms with Gasteiger partial charge in [-0.3, -0.25) is 4.79 Å². The fourth-order valence-electron chi connectivity index (χ4n) is 2.59. The van der Waals surface area contributed by atoms with E-state index < -0.39 is 0 Å². The van der Waals surface area contributed by atoms with Crippen LogP contribution in [-0.2, 0) is 4.79 Å². The van der Waals surface area contributed by atoms with Crippen LogP contribution in [-0.4, -0.2) is 28.2 Å². The van der Waals surface area contributed by atoms with E-state index in [1.165, 1.54) is 5.56 Å². The van der Waals surface area contributed by atoms with E-state index in [4.69, 9.17) is 0 Å². The first-order valence-electron chi connectivity index (χ1n) is 5.74. The van der Waals surface area contributed by atoms with Crippen LogP contribution in [0, 0.1) is 0 Å². The summed E-state index contributed by atoms with van der Waals surface area (Å²) >= 11 is 3.53. The summed E-state index contributed by atoms with van der Waals surface area (Å²) < 4.78 is 0. The Morgan fingerprint density at radius 1 is 1.25 bits per heavy atom. The molecule has 84 valence electrons. The number of halogens is 1. The van der Waals surface area contributed by atoms with Crippen molar-refractivity contribution in [2.75, 3.05) is 6.54 Å². The summed E-state index contributed by atoms with van der Waals surface area (Å²) in [4.78, 5) is 14.1. The van der Waals surface area contributed by atoms with Crippen molar-refractivity contribution in [1.82, 2.24) is 4.90 Å². The summed E-state index contributed by atoms with van der Waals surface area (Å²) in [6.07, 6.45) is 1.80. The predicted molar refractivity (Wildman–Crippen MR) is 66.6 cm³/mol. The van der Waals surface area contributed by atoms with Crippen LogP contribution < -0.4 is 0 Å². The van der Waals surface area contributed by atoms with Gasteiger partial charge in [-0.2, -0.15) is 0 Å². The van der Waals surface area contributed by atoms with Crippen molar-refractivity contribution in [2.24, 2.45) is 0 Å². The van der Waals surface area contributed by atoms with Gasteiger partial charge in [-0.25, -0.2) is 0 Å². The minimum atomic E-state index is 0.310. The number of alkyl halides is 1. The molecule has 0 aromatic heterocycles. The molecule has 2 fully saturated rings. The van der Waals surface area contributed by atoms with Crippen molar-refractivity contribution in [1.29, 1.82) is 0 Å². The largest absolute Gasteiger partial charge is 0.338 e. The number of carbonyl (C=O) groups excluding carboxylic acids is 1. The Bertz CT molecular complexity index is 406. The molecule has 0 bridgehead atoms. The number of hydrogen-bond donors (Lipinski definition) is 0. The van der Waals surface area contributed by atoms with Crippen LogP contribution in [0.1, 0.15) is 24.3 Å². The van der Waals surface area contributed by atoms with Crippen molar-refractivity contribution in [2.45, 2.75) is 29.6 Å². The molecule has 1 amide bonds. The molecule has 16 heavy (non-hydrogen) atoms. The quantitative estimate of drug-likeness (QED) is 0.762. The highest BCUT2D eigenvalue weighted by molar-refractivity contribution is 9.09. The van der Waals surface area contributed by atoms with Crippen LogP contribution >= 0.6 is 15.9 Å². The number of likely N-dealkylation sites (tertiary alicyclic amines) is 1. The maximum Gasteiger partial charge on any atom is 0.224 e. The molecule has 2 nitrogen and oxygen atoms in total. The van der Waals surface area contributed by atoms with Gasteiger partial charge in [0.1, 0.15) is 0 Å². The second-order valence-electron chi connectivity index (χ2n) is 4.67. The molecule has 0 N–H and O–H groups in total. The molecule has 0 spiro atoms. The number of nitrogens with zero attached hydrogens (tertiary/aromatic N) is 1. The van der Waals surface area contributed by atoms with E-state index >= 15 is 0 Å². The third-order valence-corrected chi connectivity index (χ3v) is 4.11. The predicted octanol–water partition coefficient (Wildman–Crippen LogP) is 2.54. The molecular formula is C13H14BrNO. The van der Waals surface area contributed by atoms with Gasteiger partial charge in [0.05, 0.1) is 0 Å². The average Bonchev–Trinajstić information content (AvgIpc) is 3.00. The smallest absolute Gasteiger partial charge is 0.224 e. The number of hydrogen-bond acceptors (Lipinski definition) is 1. The topological polar surface area (TPSA) is 20.3 Å². The molecule has 1 saturated carbocycles. The van der Waals surface area contributed by atoms with E-state index in [1.54, 1.807) is 0 Å². The van der Waals surface area contributed by atoms with Gasteiger partial charge in [-0.15, -0.1) is 0 Å². The maximum atomic E-state index is 11.7. The van der Waals surface area contributed by atoms with E-state index in [0.29, 0.717) is 29.1 Å². The molecule has 1 heterocycles. The number of benzene rings is 1. The normalized spacial score (nSPS) is 33.2. The van der Waals surface area contributed by atoms with E-state index in [2.05, 4.69) is 45.1 Å². The van der Waals surface area contributed by atoms with Crippen molar-refractivity contribution >= 4 is 21.8 Å². The van der Waals surface area contributed by atoms with Gasteiger partial charge in [0, 0.05) is 29.8 Å². The second kappa shape index (κ2) is 3.88. The molecule has 3 atom stereocenters. The minimum Gasteiger partial charge on any atom is -0.338 e. The van der Waals surface area contributed by atoms with Crippen LogP contribution in [0.25, 0.3) is 0 Å². The van der Waals surface area contributed by atoms with Gasteiger partial charge >= 0.3 is 0 Å². The second-order valence-corrected chi connectivity index (χ2v) is 5.96. The van der Waals surface area contributed by atoms with E-state index in [9.17, 15) is 4.79 Å². The SMILES string of the molecule is O=C1CC(Br)CN1C1CC1c1ccccc1. The summed E-state index contributed by atoms with van der Waals surface area (Å²) in [5.41, 5.74) is 1.37. The van der Waals surface area contributed by atoms with Crippen molar-refractivity contribution in [3.05, 3.63) is 35.9 Å². The Hall–Kier alpha value is -0.830. The number of carbonyl (C=O) groups is 1. The zero-order valence-electron chi connectivity index (χ0n) is 8.97. The van der Waals surface area contributed by atoms with Gasteiger partial charge in [0.2, 0.25) is 5.91 Å². The third kappa shape index (κ3) is 1.77. The molecule has 3 rings (SSSR count). The molecular weight excluding hydrogens is 266 g/mol. The summed E-state index contributed by atoms with van der Waals surface area (Å²) in [6, 6.07) is 11.0. The number of amides is 1. The zero-order valence-corrected chi connectivity index (χ0v) is 10.6. The molecule has 0 radical (unpaired) electrons. The summed E-state index contributed by atoms with van der Waals surface area (Å²) in [7, 11) is 0. The lowest BCUT2D eigenvalue weighted by Crippen LogP contribution is -2.28. The average molecular weight is 280 g/mol. The molecule has 1 aromatic rings. The van der Waals surface area contributed by atoms with E-state index in [-0.39, 0.29) is 0 Å². The third-order valence-electron chi connectivity index (χ3n) is 3.50. The first kappa shape index (κ1) is 10.3. The van der Waals surface area contributed by atoms with Crippen molar-refractivity contribution in [3.63, 3.8) is 0 Å². The first-order chi connectivity index (χ1) is 7.75. The van der Waals surface area contributed by atoms with Gasteiger partial charge in [-0.1, -0.05) is 46.3 Å². The highest BCUT2D eigenvalue weighted by Crippen LogP contribution is 2.46. The Labute approximate surface area is 104 Å². The van der Waals surface area contributed by atoms with Gasteiger partial charge in [0.25, 0.3) is 0 Å². The Morgan fingerprint density at radius 2 is 2.00 bits per heavy atom. The summed E-state index contributed by atoms with van der Waals surface area (Å²) in [5.74, 6) is 0.883. The molecule has 1 saturated heterocycles.